The zero-order chi connectivity index (χ0) is 33.1. The number of epoxide rings is 1. The Morgan fingerprint density at radius 2 is 1.77 bits per heavy atom. The Morgan fingerprint density at radius 3 is 2.49 bits per heavy atom. The van der Waals surface area contributed by atoms with Gasteiger partial charge in [-0.3, -0.25) is 4.79 Å². The van der Waals surface area contributed by atoms with Gasteiger partial charge in [-0.2, -0.15) is 0 Å². The van der Waals surface area contributed by atoms with Crippen molar-refractivity contribution >= 4 is 11.8 Å². The second-order valence-corrected chi connectivity index (χ2v) is 15.7. The standard InChI is InChI=1S/C37H48O10/c1-20(2)33-17-24(18-43-31(40)23-14-10-8-11-15-23)37-26-29(33)45-35(46-33,47-37)16-12-7-5-6-9-13-21(3)25-22(4)28(39)36(42,27(25)37)32(41)34(19-38)30(26)44-34/h8,10-11,14-15,21-22,24-27,29-30,32,38,41-42H,1,5-7,9,12-13,16-19H2,2-4H3/t21-,22-,24-,25-,26?,27+,29+,30-,32+,33+,34-,35+,36+,37+/m0/s1. The lowest BCUT2D eigenvalue weighted by Crippen LogP contribution is -2.74. The maximum Gasteiger partial charge on any atom is 0.338 e. The zero-order valence-electron chi connectivity index (χ0n) is 27.6. The number of esters is 1. The molecule has 2 spiro atoms. The predicted molar refractivity (Wildman–Crippen MR) is 167 cm³/mol. The molecule has 10 heteroatoms. The van der Waals surface area contributed by atoms with Gasteiger partial charge in [0.15, 0.2) is 11.4 Å². The summed E-state index contributed by atoms with van der Waals surface area (Å²) in [6, 6.07) is 8.77. The summed E-state index contributed by atoms with van der Waals surface area (Å²) in [6.45, 7) is 9.56. The van der Waals surface area contributed by atoms with Gasteiger partial charge in [0.2, 0.25) is 0 Å². The van der Waals surface area contributed by atoms with E-state index in [0.29, 0.717) is 18.4 Å². The van der Waals surface area contributed by atoms with Crippen molar-refractivity contribution in [1.82, 2.24) is 0 Å². The van der Waals surface area contributed by atoms with Crippen molar-refractivity contribution in [3.05, 3.63) is 48.0 Å². The van der Waals surface area contributed by atoms with Gasteiger partial charge in [-0.25, -0.2) is 4.79 Å². The molecule has 0 amide bonds. The first-order valence-electron chi connectivity index (χ1n) is 17.6. The Hall–Kier alpha value is -2.18. The van der Waals surface area contributed by atoms with Gasteiger partial charge in [0, 0.05) is 30.1 Å². The molecule has 3 N–H and O–H groups in total. The smallest absolute Gasteiger partial charge is 0.338 e. The highest BCUT2D eigenvalue weighted by molar-refractivity contribution is 5.94. The predicted octanol–water partition coefficient (Wildman–Crippen LogP) is 3.70. The normalized spacial score (nSPS) is 51.2. The molecule has 3 aliphatic carbocycles. The molecular weight excluding hydrogens is 604 g/mol. The van der Waals surface area contributed by atoms with Gasteiger partial charge in [-0.05, 0) is 49.3 Å². The number of aliphatic hydroxyl groups excluding tert-OH is 2. The van der Waals surface area contributed by atoms with Crippen LogP contribution < -0.4 is 0 Å². The Bertz CT molecular complexity index is 1470. The van der Waals surface area contributed by atoms with E-state index in [2.05, 4.69) is 13.5 Å². The molecular formula is C37H48O10. The maximum absolute atomic E-state index is 14.5. The van der Waals surface area contributed by atoms with Gasteiger partial charge in [-0.15, -0.1) is 0 Å². The van der Waals surface area contributed by atoms with Crippen LogP contribution in [0.25, 0.3) is 0 Å². The summed E-state index contributed by atoms with van der Waals surface area (Å²) in [5.41, 5.74) is -5.20. The van der Waals surface area contributed by atoms with Crippen molar-refractivity contribution in [3.8, 4) is 0 Å². The van der Waals surface area contributed by atoms with Crippen molar-refractivity contribution in [2.75, 3.05) is 13.2 Å². The summed E-state index contributed by atoms with van der Waals surface area (Å²) in [5, 5.41) is 36.0. The number of carbonyl (C=O) groups excluding carboxylic acids is 2. The number of fused-ring (bicyclic) bond motifs is 1. The molecule has 7 aliphatic rings. The highest BCUT2D eigenvalue weighted by Gasteiger charge is 2.90. The van der Waals surface area contributed by atoms with Crippen LogP contribution >= 0.6 is 0 Å². The third-order valence-corrected chi connectivity index (χ3v) is 13.4. The lowest BCUT2D eigenvalue weighted by molar-refractivity contribution is -0.438. The number of carbonyl (C=O) groups is 2. The number of ketones is 1. The molecule has 3 bridgehead atoms. The summed E-state index contributed by atoms with van der Waals surface area (Å²) >= 11 is 0. The average molecular weight is 653 g/mol. The van der Waals surface area contributed by atoms with Gasteiger partial charge in [0.1, 0.15) is 29.5 Å². The minimum Gasteiger partial charge on any atom is -0.462 e. The van der Waals surface area contributed by atoms with E-state index in [4.69, 9.17) is 23.7 Å². The molecule has 8 rings (SSSR count). The topological polar surface area (TPSA) is 144 Å². The molecule has 3 saturated carbocycles. The monoisotopic (exact) mass is 652 g/mol. The zero-order valence-corrected chi connectivity index (χ0v) is 27.6. The quantitative estimate of drug-likeness (QED) is 0.245. The highest BCUT2D eigenvalue weighted by Crippen LogP contribution is 2.75. The Morgan fingerprint density at radius 1 is 1.04 bits per heavy atom. The molecule has 1 aromatic carbocycles. The van der Waals surface area contributed by atoms with Crippen LogP contribution in [0.5, 0.6) is 0 Å². The van der Waals surface area contributed by atoms with Gasteiger partial charge in [0.25, 0.3) is 5.97 Å². The fourth-order valence-electron chi connectivity index (χ4n) is 11.2. The van der Waals surface area contributed by atoms with E-state index in [-0.39, 0.29) is 18.4 Å². The van der Waals surface area contributed by atoms with Crippen LogP contribution in [0.3, 0.4) is 0 Å². The number of rotatable bonds is 5. The van der Waals surface area contributed by atoms with E-state index in [1.807, 2.05) is 19.9 Å². The molecule has 0 radical (unpaired) electrons. The number of ether oxygens (including phenoxy) is 5. The molecule has 14 atom stereocenters. The number of hydrogen-bond donors (Lipinski definition) is 3. The average Bonchev–Trinajstić information content (AvgIpc) is 3.70. The second-order valence-electron chi connectivity index (χ2n) is 15.7. The van der Waals surface area contributed by atoms with E-state index >= 15 is 0 Å². The van der Waals surface area contributed by atoms with Crippen molar-refractivity contribution in [2.45, 2.75) is 119 Å². The first-order chi connectivity index (χ1) is 22.4. The molecule has 7 fully saturated rings. The Kier molecular flexibility index (Phi) is 7.27. The van der Waals surface area contributed by atoms with E-state index in [1.54, 1.807) is 24.3 Å². The van der Waals surface area contributed by atoms with Gasteiger partial charge in [-0.1, -0.05) is 70.7 Å². The molecule has 1 unspecified atom stereocenters. The Balaban J connectivity index is 1.36. The van der Waals surface area contributed by atoms with E-state index in [0.717, 1.165) is 44.1 Å². The highest BCUT2D eigenvalue weighted by atomic mass is 16.9. The van der Waals surface area contributed by atoms with E-state index < -0.39 is 88.7 Å². The maximum atomic E-state index is 14.5. The van der Waals surface area contributed by atoms with Crippen LogP contribution in [0.15, 0.2) is 42.5 Å². The lowest BCUT2D eigenvalue weighted by atomic mass is 9.51. The molecule has 4 saturated heterocycles. The molecule has 0 aromatic heterocycles. The first kappa shape index (κ1) is 32.0. The van der Waals surface area contributed by atoms with Crippen molar-refractivity contribution < 1.29 is 48.6 Å². The molecule has 4 aliphatic heterocycles. The largest absolute Gasteiger partial charge is 0.462 e. The lowest BCUT2D eigenvalue weighted by Gasteiger charge is -2.61. The Labute approximate surface area is 275 Å². The van der Waals surface area contributed by atoms with E-state index in [9.17, 15) is 24.9 Å². The summed E-state index contributed by atoms with van der Waals surface area (Å²) in [5.74, 6) is -5.64. The van der Waals surface area contributed by atoms with Crippen LogP contribution in [0, 0.1) is 35.5 Å². The summed E-state index contributed by atoms with van der Waals surface area (Å²) < 4.78 is 33.7. The van der Waals surface area contributed by atoms with E-state index in [1.165, 1.54) is 0 Å². The number of aliphatic hydroxyl groups is 3. The van der Waals surface area contributed by atoms with Crippen LogP contribution in [-0.2, 0) is 28.5 Å². The summed E-state index contributed by atoms with van der Waals surface area (Å²) in [6.07, 6.45) is 3.21. The fourth-order valence-corrected chi connectivity index (χ4v) is 11.2. The van der Waals surface area contributed by atoms with Gasteiger partial charge < -0.3 is 39.0 Å². The molecule has 10 nitrogen and oxygen atoms in total. The van der Waals surface area contributed by atoms with Gasteiger partial charge >= 0.3 is 5.97 Å². The second kappa shape index (κ2) is 10.7. The number of hydrogen-bond acceptors (Lipinski definition) is 10. The van der Waals surface area contributed by atoms with Gasteiger partial charge in [0.05, 0.1) is 24.4 Å². The number of Topliss-reactive ketones (excluding diaryl/α,β-unsaturated/α-hetero) is 1. The summed E-state index contributed by atoms with van der Waals surface area (Å²) in [4.78, 5) is 28.0. The number of benzene rings is 1. The molecule has 47 heavy (non-hydrogen) atoms. The first-order valence-corrected chi connectivity index (χ1v) is 17.6. The van der Waals surface area contributed by atoms with Crippen molar-refractivity contribution in [1.29, 1.82) is 0 Å². The minimum atomic E-state index is -2.30. The summed E-state index contributed by atoms with van der Waals surface area (Å²) in [7, 11) is 0. The van der Waals surface area contributed by atoms with Crippen molar-refractivity contribution in [2.24, 2.45) is 35.5 Å². The van der Waals surface area contributed by atoms with Crippen LogP contribution in [0.2, 0.25) is 0 Å². The van der Waals surface area contributed by atoms with Crippen LogP contribution in [-0.4, -0.2) is 87.0 Å². The van der Waals surface area contributed by atoms with Crippen LogP contribution in [0.4, 0.5) is 0 Å². The van der Waals surface area contributed by atoms with Crippen LogP contribution in [0.1, 0.15) is 82.5 Å². The SMILES string of the molecule is C=C(C)[C@]12C[C@@H](COC(=O)c3ccccc3)[C@@]34O[C@@]5(CCCCCCC[C@H](C)[C@H]6[C@H](C)C(=O)[C@@](O)([C@H](O)[C@@]7(CO)O[C@H]7C3[C@H]1O5)[C@@H]64)O2. The molecule has 4 heterocycles. The molecule has 1 aromatic rings. The fraction of sp³-hybridized carbons (Fsp3) is 0.730. The molecule has 256 valence electrons. The third kappa shape index (κ3) is 4.03. The third-order valence-electron chi connectivity index (χ3n) is 13.4. The minimum absolute atomic E-state index is 0.00214. The van der Waals surface area contributed by atoms with Crippen molar-refractivity contribution in [3.63, 3.8) is 0 Å².